The Bertz CT molecular complexity index is 822. The zero-order valence-corrected chi connectivity index (χ0v) is 15.8. The van der Waals surface area contributed by atoms with Gasteiger partial charge in [-0.15, -0.1) is 0 Å². The van der Waals surface area contributed by atoms with Gasteiger partial charge >= 0.3 is 0 Å². The van der Waals surface area contributed by atoms with E-state index in [4.69, 9.17) is 0 Å². The van der Waals surface area contributed by atoms with E-state index in [1.807, 2.05) is 31.2 Å². The first kappa shape index (κ1) is 18.6. The lowest BCUT2D eigenvalue weighted by Crippen LogP contribution is -2.44. The molecule has 0 spiro atoms. The molecule has 5 nitrogen and oxygen atoms in total. The van der Waals surface area contributed by atoms with E-state index in [0.717, 1.165) is 29.6 Å². The molecule has 0 bridgehead atoms. The third-order valence-corrected chi connectivity index (χ3v) is 5.31. The average molecular weight is 355 g/mol. The minimum Gasteiger partial charge on any atom is -0.355 e. The van der Waals surface area contributed by atoms with E-state index in [0.29, 0.717) is 31.0 Å². The van der Waals surface area contributed by atoms with Crippen LogP contribution >= 0.6 is 0 Å². The third kappa shape index (κ3) is 4.73. The van der Waals surface area contributed by atoms with Gasteiger partial charge in [0.2, 0.25) is 5.91 Å². The third-order valence-electron chi connectivity index (χ3n) is 5.31. The highest BCUT2D eigenvalue weighted by Crippen LogP contribution is 2.14. The van der Waals surface area contributed by atoms with Crippen LogP contribution in [0.1, 0.15) is 43.7 Å². The summed E-state index contributed by atoms with van der Waals surface area (Å²) in [5.41, 5.74) is 2.53. The van der Waals surface area contributed by atoms with Gasteiger partial charge in [0, 0.05) is 30.1 Å². The smallest absolute Gasteiger partial charge is 0.251 e. The second kappa shape index (κ2) is 8.49. The Balaban J connectivity index is 1.52. The van der Waals surface area contributed by atoms with Crippen molar-refractivity contribution in [2.45, 2.75) is 52.0 Å². The monoisotopic (exact) mass is 355 g/mol. The maximum Gasteiger partial charge on any atom is 0.251 e. The number of pyridine rings is 1. The predicted octanol–water partition coefficient (Wildman–Crippen LogP) is 2.76. The summed E-state index contributed by atoms with van der Waals surface area (Å²) in [6.45, 7) is 7.10. The first-order valence-electron chi connectivity index (χ1n) is 9.66. The molecular weight excluding hydrogens is 326 g/mol. The Morgan fingerprint density at radius 1 is 1.23 bits per heavy atom. The highest BCUT2D eigenvalue weighted by atomic mass is 16.1. The van der Waals surface area contributed by atoms with E-state index in [2.05, 4.69) is 22.1 Å². The van der Waals surface area contributed by atoms with Crippen molar-refractivity contribution in [1.82, 2.24) is 15.2 Å². The Labute approximate surface area is 154 Å². The molecule has 2 heterocycles. The lowest BCUT2D eigenvalue weighted by atomic mass is 10.1. The number of rotatable bonds is 6. The molecule has 1 atom stereocenters. The summed E-state index contributed by atoms with van der Waals surface area (Å²) in [5.74, 6) is 0.0114. The summed E-state index contributed by atoms with van der Waals surface area (Å²) in [5, 5.41) is 4.03. The number of H-pyrrole nitrogens is 1. The first-order valence-corrected chi connectivity index (χ1v) is 9.66. The molecule has 1 aromatic heterocycles. The molecule has 1 aliphatic heterocycles. The van der Waals surface area contributed by atoms with Gasteiger partial charge in [0.15, 0.2) is 0 Å². The number of aromatic nitrogens is 1. The van der Waals surface area contributed by atoms with Gasteiger partial charge in [-0.05, 0) is 69.3 Å². The fourth-order valence-electron chi connectivity index (χ4n) is 3.63. The number of fused-ring (bicyclic) bond motifs is 1. The fourth-order valence-corrected chi connectivity index (χ4v) is 3.63. The van der Waals surface area contributed by atoms with Crippen LogP contribution in [-0.4, -0.2) is 41.5 Å². The first-order chi connectivity index (χ1) is 12.5. The van der Waals surface area contributed by atoms with E-state index in [1.165, 1.54) is 19.3 Å². The van der Waals surface area contributed by atoms with Crippen LogP contribution in [0.3, 0.4) is 0 Å². The second-order valence-electron chi connectivity index (χ2n) is 7.46. The van der Waals surface area contributed by atoms with E-state index in [1.54, 1.807) is 0 Å². The van der Waals surface area contributed by atoms with Gasteiger partial charge < -0.3 is 10.3 Å². The molecule has 3 rings (SSSR count). The molecule has 2 N–H and O–H groups in total. The quantitative estimate of drug-likeness (QED) is 0.837. The van der Waals surface area contributed by atoms with Crippen molar-refractivity contribution in [3.05, 3.63) is 45.7 Å². The number of nitrogens with zero attached hydrogens (tertiary/aromatic N) is 1. The minimum absolute atomic E-state index is 0.0114. The molecule has 1 amide bonds. The second-order valence-corrected chi connectivity index (χ2v) is 7.46. The van der Waals surface area contributed by atoms with Crippen molar-refractivity contribution >= 4 is 16.8 Å². The summed E-state index contributed by atoms with van der Waals surface area (Å²) in [4.78, 5) is 29.8. The molecule has 1 saturated heterocycles. The molecule has 0 aliphatic carbocycles. The summed E-state index contributed by atoms with van der Waals surface area (Å²) < 4.78 is 0. The van der Waals surface area contributed by atoms with Crippen molar-refractivity contribution < 1.29 is 4.79 Å². The molecule has 0 radical (unpaired) electrons. The molecule has 26 heavy (non-hydrogen) atoms. The van der Waals surface area contributed by atoms with E-state index in [9.17, 15) is 9.59 Å². The summed E-state index contributed by atoms with van der Waals surface area (Å²) in [7, 11) is 0. The number of likely N-dealkylation sites (tertiary alicyclic amines) is 1. The predicted molar refractivity (Wildman–Crippen MR) is 106 cm³/mol. The number of piperidine rings is 1. The summed E-state index contributed by atoms with van der Waals surface area (Å²) in [6, 6.07) is 8.27. The molecule has 5 heteroatoms. The van der Waals surface area contributed by atoms with E-state index in [-0.39, 0.29) is 11.5 Å². The van der Waals surface area contributed by atoms with Crippen molar-refractivity contribution in [1.29, 1.82) is 0 Å². The number of aryl methyl sites for hydroxylation is 2. The number of amides is 1. The lowest BCUT2D eigenvalue weighted by Gasteiger charge is -2.32. The Morgan fingerprint density at radius 2 is 2.00 bits per heavy atom. The van der Waals surface area contributed by atoms with Crippen LogP contribution in [0.25, 0.3) is 10.9 Å². The van der Waals surface area contributed by atoms with Crippen LogP contribution in [0.15, 0.2) is 29.1 Å². The summed E-state index contributed by atoms with van der Waals surface area (Å²) >= 11 is 0. The zero-order chi connectivity index (χ0) is 18.5. The number of nitrogens with one attached hydrogen (secondary N) is 2. The van der Waals surface area contributed by atoms with Crippen molar-refractivity contribution in [3.63, 3.8) is 0 Å². The van der Waals surface area contributed by atoms with Crippen LogP contribution in [0.2, 0.25) is 0 Å². The number of carbonyl (C=O) groups is 1. The van der Waals surface area contributed by atoms with Crippen LogP contribution in [0.4, 0.5) is 0 Å². The largest absolute Gasteiger partial charge is 0.355 e. The number of carbonyl (C=O) groups excluding carboxylic acids is 1. The van der Waals surface area contributed by atoms with Crippen LogP contribution < -0.4 is 10.9 Å². The van der Waals surface area contributed by atoms with Crippen molar-refractivity contribution in [3.8, 4) is 0 Å². The normalized spacial score (nSPS) is 16.5. The van der Waals surface area contributed by atoms with Gasteiger partial charge in [-0.3, -0.25) is 14.5 Å². The van der Waals surface area contributed by atoms with Crippen molar-refractivity contribution in [2.75, 3.05) is 19.6 Å². The molecular formula is C21H29N3O2. The maximum atomic E-state index is 12.2. The number of hydrogen-bond donors (Lipinski definition) is 2. The van der Waals surface area contributed by atoms with Gasteiger partial charge in [-0.2, -0.15) is 0 Å². The van der Waals surface area contributed by atoms with Gasteiger partial charge in [0.1, 0.15) is 0 Å². The SMILES string of the molecule is Cc1ccc2cc(CCC(=O)NCC(C)N3CCCCC3)c(=O)[nH]c2c1. The molecule has 0 saturated carbocycles. The van der Waals surface area contributed by atoms with Crippen LogP contribution in [0.5, 0.6) is 0 Å². The maximum absolute atomic E-state index is 12.2. The minimum atomic E-state index is -0.0995. The van der Waals surface area contributed by atoms with Crippen LogP contribution in [-0.2, 0) is 11.2 Å². The standard InChI is InChI=1S/C21H29N3O2/c1-15-6-7-17-13-18(21(26)23-19(17)12-15)8-9-20(25)22-14-16(2)24-10-4-3-5-11-24/h6-7,12-13,16H,3-5,8-11,14H2,1-2H3,(H,22,25)(H,23,26). The summed E-state index contributed by atoms with van der Waals surface area (Å²) in [6.07, 6.45) is 4.62. The number of benzene rings is 1. The number of hydrogen-bond acceptors (Lipinski definition) is 3. The molecule has 1 fully saturated rings. The molecule has 140 valence electrons. The lowest BCUT2D eigenvalue weighted by molar-refractivity contribution is -0.121. The topological polar surface area (TPSA) is 65.2 Å². The van der Waals surface area contributed by atoms with Gasteiger partial charge in [-0.1, -0.05) is 18.6 Å². The Kier molecular flexibility index (Phi) is 6.09. The fraction of sp³-hybridized carbons (Fsp3) is 0.524. The van der Waals surface area contributed by atoms with Crippen LogP contribution in [0, 0.1) is 6.92 Å². The average Bonchev–Trinajstić information content (AvgIpc) is 2.65. The molecule has 2 aromatic rings. The molecule has 1 unspecified atom stereocenters. The van der Waals surface area contributed by atoms with E-state index >= 15 is 0 Å². The van der Waals surface area contributed by atoms with Gasteiger partial charge in [-0.25, -0.2) is 0 Å². The molecule has 1 aromatic carbocycles. The molecule has 1 aliphatic rings. The Hall–Kier alpha value is -2.14. The highest BCUT2D eigenvalue weighted by molar-refractivity contribution is 5.80. The van der Waals surface area contributed by atoms with E-state index < -0.39 is 0 Å². The zero-order valence-electron chi connectivity index (χ0n) is 15.8. The van der Waals surface area contributed by atoms with Crippen molar-refractivity contribution in [2.24, 2.45) is 0 Å². The number of aromatic amines is 1. The Morgan fingerprint density at radius 3 is 2.77 bits per heavy atom. The highest BCUT2D eigenvalue weighted by Gasteiger charge is 2.17. The van der Waals surface area contributed by atoms with Gasteiger partial charge in [0.25, 0.3) is 5.56 Å². The van der Waals surface area contributed by atoms with Gasteiger partial charge in [0.05, 0.1) is 0 Å².